The van der Waals surface area contributed by atoms with Crippen LogP contribution in [-0.4, -0.2) is 24.8 Å². The zero-order chi connectivity index (χ0) is 20.4. The van der Waals surface area contributed by atoms with Crippen LogP contribution in [0.15, 0.2) is 66.1 Å². The fourth-order valence-electron chi connectivity index (χ4n) is 3.28. The number of fused-ring (bicyclic) bond motifs is 1. The molecule has 0 saturated carbocycles. The Morgan fingerprint density at radius 3 is 2.66 bits per heavy atom. The third-order valence-electron chi connectivity index (χ3n) is 4.57. The number of halogens is 1. The molecule has 6 heteroatoms. The lowest BCUT2D eigenvalue weighted by Gasteiger charge is -2.27. The number of hydrogen-bond acceptors (Lipinski definition) is 5. The van der Waals surface area contributed by atoms with Crippen molar-refractivity contribution in [1.29, 1.82) is 0 Å². The van der Waals surface area contributed by atoms with Gasteiger partial charge in [-0.15, -0.1) is 0 Å². The lowest BCUT2D eigenvalue weighted by molar-refractivity contribution is -0.105. The molecule has 0 spiro atoms. The highest BCUT2D eigenvalue weighted by molar-refractivity contribution is 6.51. The van der Waals surface area contributed by atoms with Crippen molar-refractivity contribution in [1.82, 2.24) is 0 Å². The predicted octanol–water partition coefficient (Wildman–Crippen LogP) is 4.84. The number of benzene rings is 2. The van der Waals surface area contributed by atoms with Gasteiger partial charge in [-0.2, -0.15) is 0 Å². The van der Waals surface area contributed by atoms with Crippen LogP contribution in [0.25, 0.3) is 5.03 Å². The van der Waals surface area contributed by atoms with Gasteiger partial charge in [0.05, 0.1) is 16.7 Å². The topological polar surface area (TPSA) is 54.0 Å². The van der Waals surface area contributed by atoms with Gasteiger partial charge in [0.1, 0.15) is 17.8 Å². The van der Waals surface area contributed by atoms with Gasteiger partial charge >= 0.3 is 0 Å². The van der Waals surface area contributed by atoms with Crippen molar-refractivity contribution in [3.63, 3.8) is 0 Å². The molecule has 29 heavy (non-hydrogen) atoms. The summed E-state index contributed by atoms with van der Waals surface area (Å²) in [5, 5.41) is 0.316. The van der Waals surface area contributed by atoms with Crippen LogP contribution >= 0.6 is 11.6 Å². The summed E-state index contributed by atoms with van der Waals surface area (Å²) in [6, 6.07) is 15.2. The molecule has 2 heterocycles. The third kappa shape index (κ3) is 4.10. The van der Waals surface area contributed by atoms with Crippen LogP contribution in [-0.2, 0) is 20.7 Å². The Morgan fingerprint density at radius 2 is 1.93 bits per heavy atom. The number of rotatable bonds is 6. The zero-order valence-electron chi connectivity index (χ0n) is 16.1. The quantitative estimate of drug-likeness (QED) is 0.635. The summed E-state index contributed by atoms with van der Waals surface area (Å²) in [6.45, 7) is 3.88. The molecule has 0 amide bonds. The van der Waals surface area contributed by atoms with Gasteiger partial charge in [-0.05, 0) is 37.6 Å². The van der Waals surface area contributed by atoms with E-state index < -0.39 is 12.4 Å². The molecule has 5 nitrogen and oxygen atoms in total. The van der Waals surface area contributed by atoms with Gasteiger partial charge < -0.3 is 18.9 Å². The monoisotopic (exact) mass is 412 g/mol. The zero-order valence-corrected chi connectivity index (χ0v) is 16.9. The standard InChI is InChI=1S/C23H21ClO5/c1-14(2)27-16-8-9-19-17(11-16)22(24)18(12-25)23(29-19)20-13-26-21(28-20)10-15-6-4-3-5-7-15/h3-9,11-14,21,23H,10H2,1-2H3. The van der Waals surface area contributed by atoms with E-state index in [1.54, 1.807) is 12.1 Å². The Balaban J connectivity index is 1.54. The maximum atomic E-state index is 11.8. The SMILES string of the molecule is CC(C)Oc1ccc2c(c1)C(Cl)=C(C=O)C(C1=COC(Cc3ccccc3)O1)O2. The highest BCUT2D eigenvalue weighted by Gasteiger charge is 2.36. The molecule has 0 bridgehead atoms. The molecule has 0 aliphatic carbocycles. The van der Waals surface area contributed by atoms with Crippen LogP contribution in [0.3, 0.4) is 0 Å². The van der Waals surface area contributed by atoms with Crippen molar-refractivity contribution in [2.45, 2.75) is 38.8 Å². The smallest absolute Gasteiger partial charge is 0.244 e. The fraction of sp³-hybridized carbons (Fsp3) is 0.261. The summed E-state index contributed by atoms with van der Waals surface area (Å²) < 4.78 is 23.3. The van der Waals surface area contributed by atoms with E-state index in [-0.39, 0.29) is 11.7 Å². The van der Waals surface area contributed by atoms with E-state index in [4.69, 9.17) is 30.5 Å². The molecule has 2 unspecified atom stereocenters. The minimum atomic E-state index is -0.759. The Bertz CT molecular complexity index is 964. The van der Waals surface area contributed by atoms with Gasteiger partial charge in [0, 0.05) is 12.0 Å². The number of aldehydes is 1. The minimum Gasteiger partial charge on any atom is -0.491 e. The molecule has 2 aliphatic rings. The normalized spacial score (nSPS) is 20.3. The second-order valence-corrected chi connectivity index (χ2v) is 7.48. The number of carbonyl (C=O) groups is 1. The summed E-state index contributed by atoms with van der Waals surface area (Å²) in [6.07, 6.45) is 1.55. The first-order valence-electron chi connectivity index (χ1n) is 9.44. The lowest BCUT2D eigenvalue weighted by atomic mass is 10.0. The van der Waals surface area contributed by atoms with E-state index >= 15 is 0 Å². The first kappa shape index (κ1) is 19.4. The first-order chi connectivity index (χ1) is 14.0. The van der Waals surface area contributed by atoms with E-state index in [1.807, 2.05) is 50.2 Å². The molecule has 0 N–H and O–H groups in total. The maximum Gasteiger partial charge on any atom is 0.244 e. The van der Waals surface area contributed by atoms with Crippen molar-refractivity contribution in [2.24, 2.45) is 0 Å². The second-order valence-electron chi connectivity index (χ2n) is 7.10. The molecule has 2 aliphatic heterocycles. The molecule has 0 saturated heterocycles. The van der Waals surface area contributed by atoms with Crippen molar-refractivity contribution in [3.05, 3.63) is 77.3 Å². The average molecular weight is 413 g/mol. The molecular formula is C23H21ClO5. The predicted molar refractivity (Wildman–Crippen MR) is 110 cm³/mol. The average Bonchev–Trinajstić information content (AvgIpc) is 3.17. The van der Waals surface area contributed by atoms with E-state index in [0.717, 1.165) is 5.56 Å². The van der Waals surface area contributed by atoms with Crippen molar-refractivity contribution < 1.29 is 23.7 Å². The van der Waals surface area contributed by atoms with Crippen LogP contribution in [0.1, 0.15) is 25.0 Å². The van der Waals surface area contributed by atoms with Crippen molar-refractivity contribution >= 4 is 22.9 Å². The highest BCUT2D eigenvalue weighted by Crippen LogP contribution is 2.42. The second kappa shape index (κ2) is 8.21. The van der Waals surface area contributed by atoms with Crippen molar-refractivity contribution in [3.8, 4) is 11.5 Å². The summed E-state index contributed by atoms with van der Waals surface area (Å²) in [5.74, 6) is 1.63. The number of carbonyl (C=O) groups excluding carboxylic acids is 1. The van der Waals surface area contributed by atoms with E-state index in [1.165, 1.54) is 6.26 Å². The maximum absolute atomic E-state index is 11.8. The molecule has 150 valence electrons. The van der Waals surface area contributed by atoms with Crippen molar-refractivity contribution in [2.75, 3.05) is 0 Å². The van der Waals surface area contributed by atoms with Gasteiger partial charge in [-0.1, -0.05) is 41.9 Å². The molecular weight excluding hydrogens is 392 g/mol. The molecule has 0 fully saturated rings. The molecule has 2 atom stereocenters. The number of hydrogen-bond donors (Lipinski definition) is 0. The fourth-order valence-corrected chi connectivity index (χ4v) is 3.58. The third-order valence-corrected chi connectivity index (χ3v) is 5.00. The van der Waals surface area contributed by atoms with Crippen LogP contribution < -0.4 is 9.47 Å². The van der Waals surface area contributed by atoms with E-state index in [2.05, 4.69) is 0 Å². The molecule has 0 radical (unpaired) electrons. The van der Waals surface area contributed by atoms with E-state index in [9.17, 15) is 4.79 Å². The Morgan fingerprint density at radius 1 is 1.14 bits per heavy atom. The minimum absolute atomic E-state index is 0.0225. The Labute approximate surface area is 174 Å². The van der Waals surface area contributed by atoms with Crippen LogP contribution in [0, 0.1) is 0 Å². The van der Waals surface area contributed by atoms with Gasteiger partial charge in [-0.3, -0.25) is 4.79 Å². The van der Waals surface area contributed by atoms with Crippen LogP contribution in [0.5, 0.6) is 11.5 Å². The number of ether oxygens (including phenoxy) is 4. The van der Waals surface area contributed by atoms with Gasteiger partial charge in [-0.25, -0.2) is 0 Å². The van der Waals surface area contributed by atoms with Gasteiger partial charge in [0.2, 0.25) is 6.29 Å². The summed E-state index contributed by atoms with van der Waals surface area (Å²) in [5.41, 5.74) is 1.99. The van der Waals surface area contributed by atoms with Crippen LogP contribution in [0.2, 0.25) is 0 Å². The Hall–Kier alpha value is -2.92. The summed E-state index contributed by atoms with van der Waals surface area (Å²) in [4.78, 5) is 11.8. The van der Waals surface area contributed by atoms with Gasteiger partial charge in [0.15, 0.2) is 18.1 Å². The summed E-state index contributed by atoms with van der Waals surface area (Å²) >= 11 is 6.55. The molecule has 2 aromatic rings. The largest absolute Gasteiger partial charge is 0.491 e. The highest BCUT2D eigenvalue weighted by atomic mass is 35.5. The van der Waals surface area contributed by atoms with Crippen LogP contribution in [0.4, 0.5) is 0 Å². The molecule has 4 rings (SSSR count). The molecule has 0 aromatic heterocycles. The Kier molecular flexibility index (Phi) is 5.49. The summed E-state index contributed by atoms with van der Waals surface area (Å²) in [7, 11) is 0. The van der Waals surface area contributed by atoms with E-state index in [0.29, 0.717) is 40.6 Å². The molecule has 2 aromatic carbocycles. The van der Waals surface area contributed by atoms with Gasteiger partial charge in [0.25, 0.3) is 0 Å². The first-order valence-corrected chi connectivity index (χ1v) is 9.81. The lowest BCUT2D eigenvalue weighted by Crippen LogP contribution is -2.28.